The summed E-state index contributed by atoms with van der Waals surface area (Å²) in [6, 6.07) is 24.9. The molecule has 32 heavy (non-hydrogen) atoms. The molecule has 0 radical (unpaired) electrons. The number of aromatic nitrogens is 3. The van der Waals surface area contributed by atoms with Gasteiger partial charge in [-0.3, -0.25) is 9.36 Å². The van der Waals surface area contributed by atoms with Crippen LogP contribution in [0, 0.1) is 0 Å². The number of para-hydroxylation sites is 1. The highest BCUT2D eigenvalue weighted by atomic mass is 32.2. The molecular weight excluding hydrogens is 424 g/mol. The summed E-state index contributed by atoms with van der Waals surface area (Å²) in [7, 11) is 3.13. The molecule has 0 saturated heterocycles. The molecule has 0 aliphatic carbocycles. The van der Waals surface area contributed by atoms with Crippen molar-refractivity contribution in [3.63, 3.8) is 0 Å². The van der Waals surface area contributed by atoms with Crippen LogP contribution in [0.1, 0.15) is 0 Å². The highest BCUT2D eigenvalue weighted by molar-refractivity contribution is 7.99. The fraction of sp³-hybridized carbons (Fsp3) is 0.125. The number of anilines is 1. The zero-order valence-electron chi connectivity index (χ0n) is 17.7. The highest BCUT2D eigenvalue weighted by Gasteiger charge is 2.17. The van der Waals surface area contributed by atoms with Crippen LogP contribution < -0.4 is 14.8 Å². The summed E-state index contributed by atoms with van der Waals surface area (Å²) in [5.41, 5.74) is 2.42. The van der Waals surface area contributed by atoms with Gasteiger partial charge in [0.05, 0.1) is 25.7 Å². The van der Waals surface area contributed by atoms with Crippen LogP contribution in [0.4, 0.5) is 5.69 Å². The molecule has 0 atom stereocenters. The molecule has 0 fully saturated rings. The molecule has 0 unspecified atom stereocenters. The number of hydrogen-bond acceptors (Lipinski definition) is 6. The maximum Gasteiger partial charge on any atom is 0.234 e. The Morgan fingerprint density at radius 1 is 0.938 bits per heavy atom. The molecule has 8 heteroatoms. The van der Waals surface area contributed by atoms with Crippen LogP contribution in [0.15, 0.2) is 84.0 Å². The van der Waals surface area contributed by atoms with Crippen molar-refractivity contribution in [2.45, 2.75) is 5.16 Å². The quantitative estimate of drug-likeness (QED) is 0.396. The second-order valence-corrected chi connectivity index (χ2v) is 7.69. The number of hydrogen-bond donors (Lipinski definition) is 1. The SMILES string of the molecule is COc1ccc(OC)c(NC(=O)CSc2nnc(-c3ccccc3)n2-c2ccccc2)c1. The van der Waals surface area contributed by atoms with Gasteiger partial charge in [-0.1, -0.05) is 60.3 Å². The van der Waals surface area contributed by atoms with Gasteiger partial charge in [-0.15, -0.1) is 10.2 Å². The smallest absolute Gasteiger partial charge is 0.234 e. The molecule has 4 aromatic rings. The summed E-state index contributed by atoms with van der Waals surface area (Å²) in [4.78, 5) is 12.7. The lowest BCUT2D eigenvalue weighted by atomic mass is 10.2. The van der Waals surface area contributed by atoms with Gasteiger partial charge < -0.3 is 14.8 Å². The molecule has 1 N–H and O–H groups in total. The summed E-state index contributed by atoms with van der Waals surface area (Å²) in [6.45, 7) is 0. The normalized spacial score (nSPS) is 10.6. The lowest BCUT2D eigenvalue weighted by molar-refractivity contribution is -0.113. The molecular formula is C24H22N4O3S. The lowest BCUT2D eigenvalue weighted by Crippen LogP contribution is -2.15. The molecule has 4 rings (SSSR count). The summed E-state index contributed by atoms with van der Waals surface area (Å²) >= 11 is 1.31. The van der Waals surface area contributed by atoms with Crippen LogP contribution in [0.5, 0.6) is 11.5 Å². The first-order valence-electron chi connectivity index (χ1n) is 9.90. The second-order valence-electron chi connectivity index (χ2n) is 6.75. The number of nitrogens with one attached hydrogen (secondary N) is 1. The Bertz CT molecular complexity index is 1200. The second kappa shape index (κ2) is 10.0. The largest absolute Gasteiger partial charge is 0.497 e. The molecule has 1 heterocycles. The third kappa shape index (κ3) is 4.76. The first kappa shape index (κ1) is 21.5. The number of ether oxygens (including phenoxy) is 2. The molecule has 0 bridgehead atoms. The van der Waals surface area contributed by atoms with Crippen molar-refractivity contribution in [2.75, 3.05) is 25.3 Å². The van der Waals surface area contributed by atoms with Gasteiger partial charge in [0.2, 0.25) is 5.91 Å². The van der Waals surface area contributed by atoms with Crippen molar-refractivity contribution >= 4 is 23.4 Å². The van der Waals surface area contributed by atoms with Crippen molar-refractivity contribution < 1.29 is 14.3 Å². The van der Waals surface area contributed by atoms with Crippen LogP contribution in [0.25, 0.3) is 17.1 Å². The van der Waals surface area contributed by atoms with Gasteiger partial charge in [0, 0.05) is 17.3 Å². The Morgan fingerprint density at radius 2 is 1.66 bits per heavy atom. The molecule has 7 nitrogen and oxygen atoms in total. The van der Waals surface area contributed by atoms with E-state index in [1.54, 1.807) is 32.4 Å². The number of amides is 1. The monoisotopic (exact) mass is 446 g/mol. The van der Waals surface area contributed by atoms with Crippen LogP contribution in [0.2, 0.25) is 0 Å². The summed E-state index contributed by atoms with van der Waals surface area (Å²) < 4.78 is 12.5. The fourth-order valence-corrected chi connectivity index (χ4v) is 3.93. The molecule has 1 aromatic heterocycles. The van der Waals surface area contributed by atoms with E-state index in [9.17, 15) is 4.79 Å². The average Bonchev–Trinajstić information content (AvgIpc) is 3.28. The van der Waals surface area contributed by atoms with Gasteiger partial charge in [-0.05, 0) is 24.3 Å². The van der Waals surface area contributed by atoms with Crippen molar-refractivity contribution in [3.8, 4) is 28.6 Å². The van der Waals surface area contributed by atoms with E-state index >= 15 is 0 Å². The van der Waals surface area contributed by atoms with E-state index < -0.39 is 0 Å². The molecule has 1 amide bonds. The zero-order chi connectivity index (χ0) is 22.3. The molecule has 3 aromatic carbocycles. The van der Waals surface area contributed by atoms with Gasteiger partial charge >= 0.3 is 0 Å². The maximum absolute atomic E-state index is 12.7. The third-order valence-corrected chi connectivity index (χ3v) is 5.62. The Labute approximate surface area is 190 Å². The molecule has 0 spiro atoms. The van der Waals surface area contributed by atoms with E-state index in [0.717, 1.165) is 11.3 Å². The van der Waals surface area contributed by atoms with E-state index in [2.05, 4.69) is 15.5 Å². The number of rotatable bonds is 8. The first-order chi connectivity index (χ1) is 15.7. The fourth-order valence-electron chi connectivity index (χ4n) is 3.18. The molecule has 0 aliphatic heterocycles. The lowest BCUT2D eigenvalue weighted by Gasteiger charge is -2.12. The number of nitrogens with zero attached hydrogens (tertiary/aromatic N) is 3. The Morgan fingerprint density at radius 3 is 2.34 bits per heavy atom. The minimum atomic E-state index is -0.189. The van der Waals surface area contributed by atoms with Gasteiger partial charge in [0.25, 0.3) is 0 Å². The Hall–Kier alpha value is -3.78. The van der Waals surface area contributed by atoms with Gasteiger partial charge in [0.15, 0.2) is 11.0 Å². The van der Waals surface area contributed by atoms with Crippen LogP contribution in [0.3, 0.4) is 0 Å². The molecule has 0 aliphatic rings. The maximum atomic E-state index is 12.7. The molecule has 0 saturated carbocycles. The predicted octanol–water partition coefficient (Wildman–Crippen LogP) is 4.68. The number of carbonyl (C=O) groups excluding carboxylic acids is 1. The van der Waals surface area contributed by atoms with Crippen LogP contribution >= 0.6 is 11.8 Å². The van der Waals surface area contributed by atoms with Gasteiger partial charge in [0.1, 0.15) is 11.5 Å². The number of thioether (sulfide) groups is 1. The average molecular weight is 447 g/mol. The van der Waals surface area contributed by atoms with Gasteiger partial charge in [-0.2, -0.15) is 0 Å². The van der Waals surface area contributed by atoms with Crippen molar-refractivity contribution in [2.24, 2.45) is 0 Å². The van der Waals surface area contributed by atoms with E-state index in [1.807, 2.05) is 65.2 Å². The number of carbonyl (C=O) groups is 1. The molecule has 162 valence electrons. The third-order valence-electron chi connectivity index (χ3n) is 4.69. The predicted molar refractivity (Wildman–Crippen MR) is 126 cm³/mol. The summed E-state index contributed by atoms with van der Waals surface area (Å²) in [6.07, 6.45) is 0. The Balaban J connectivity index is 1.56. The topological polar surface area (TPSA) is 78.3 Å². The van der Waals surface area contributed by atoms with Crippen molar-refractivity contribution in [1.29, 1.82) is 0 Å². The minimum Gasteiger partial charge on any atom is -0.497 e. The van der Waals surface area contributed by atoms with E-state index in [4.69, 9.17) is 9.47 Å². The summed E-state index contributed by atoms with van der Waals surface area (Å²) in [5, 5.41) is 12.3. The Kier molecular flexibility index (Phi) is 6.72. The highest BCUT2D eigenvalue weighted by Crippen LogP contribution is 2.30. The number of benzene rings is 3. The summed E-state index contributed by atoms with van der Waals surface area (Å²) in [5.74, 6) is 1.87. The van der Waals surface area contributed by atoms with E-state index in [1.165, 1.54) is 11.8 Å². The number of methoxy groups -OCH3 is 2. The zero-order valence-corrected chi connectivity index (χ0v) is 18.5. The van der Waals surface area contributed by atoms with Crippen molar-refractivity contribution in [1.82, 2.24) is 14.8 Å². The van der Waals surface area contributed by atoms with Crippen LogP contribution in [-0.4, -0.2) is 40.6 Å². The van der Waals surface area contributed by atoms with Gasteiger partial charge in [-0.25, -0.2) is 0 Å². The van der Waals surface area contributed by atoms with E-state index in [0.29, 0.717) is 28.2 Å². The van der Waals surface area contributed by atoms with Crippen LogP contribution in [-0.2, 0) is 4.79 Å². The van der Waals surface area contributed by atoms with Crippen molar-refractivity contribution in [3.05, 3.63) is 78.9 Å². The first-order valence-corrected chi connectivity index (χ1v) is 10.9. The minimum absolute atomic E-state index is 0.153. The van der Waals surface area contributed by atoms with E-state index in [-0.39, 0.29) is 11.7 Å². The standard InChI is InChI=1S/C24H22N4O3S/c1-30-19-13-14-21(31-2)20(15-19)25-22(29)16-32-24-27-26-23(17-9-5-3-6-10-17)28(24)18-11-7-4-8-12-18/h3-15H,16H2,1-2H3,(H,25,29).